The number of hydrogen-bond acceptors (Lipinski definition) is 4. The highest BCUT2D eigenvalue weighted by Gasteiger charge is 2.16. The van der Waals surface area contributed by atoms with E-state index >= 15 is 0 Å². The smallest absolute Gasteiger partial charge is 0.334 e. The van der Waals surface area contributed by atoms with Gasteiger partial charge in [-0.1, -0.05) is 6.07 Å². The molecule has 0 saturated carbocycles. The van der Waals surface area contributed by atoms with Crippen LogP contribution in [0.5, 0.6) is 0 Å². The fourth-order valence-corrected chi connectivity index (χ4v) is 1.38. The van der Waals surface area contributed by atoms with Crippen molar-refractivity contribution in [2.24, 2.45) is 0 Å². The SMILES string of the molecule is COC(CNc1cc(C)ccc1C#N)C(=O)O. The highest BCUT2D eigenvalue weighted by atomic mass is 16.5. The van der Waals surface area contributed by atoms with Crippen molar-refractivity contribution in [2.45, 2.75) is 13.0 Å². The number of carboxylic acid groups (broad SMARTS) is 1. The van der Waals surface area contributed by atoms with Crippen LogP contribution in [0.4, 0.5) is 5.69 Å². The van der Waals surface area contributed by atoms with Crippen LogP contribution in [0.25, 0.3) is 0 Å². The first kappa shape index (κ1) is 13.0. The molecule has 1 atom stereocenters. The summed E-state index contributed by atoms with van der Waals surface area (Å²) in [5, 5.41) is 20.6. The highest BCUT2D eigenvalue weighted by Crippen LogP contribution is 2.16. The molecule has 0 aliphatic rings. The third-order valence-corrected chi connectivity index (χ3v) is 2.33. The van der Waals surface area contributed by atoms with Crippen LogP contribution in [-0.2, 0) is 9.53 Å². The lowest BCUT2D eigenvalue weighted by Gasteiger charge is -2.13. The molecular weight excluding hydrogens is 220 g/mol. The van der Waals surface area contributed by atoms with E-state index in [4.69, 9.17) is 15.1 Å². The first-order valence-corrected chi connectivity index (χ1v) is 5.08. The van der Waals surface area contributed by atoms with Crippen molar-refractivity contribution in [3.05, 3.63) is 29.3 Å². The van der Waals surface area contributed by atoms with Crippen LogP contribution in [-0.4, -0.2) is 30.8 Å². The van der Waals surface area contributed by atoms with Crippen LogP contribution in [0, 0.1) is 18.3 Å². The molecule has 1 unspecified atom stereocenters. The van der Waals surface area contributed by atoms with E-state index in [1.54, 1.807) is 12.1 Å². The van der Waals surface area contributed by atoms with Crippen LogP contribution in [0.2, 0.25) is 0 Å². The maximum absolute atomic E-state index is 10.7. The number of ether oxygens (including phenoxy) is 1. The Bertz CT molecular complexity index is 452. The quantitative estimate of drug-likeness (QED) is 0.804. The Balaban J connectivity index is 2.78. The van der Waals surface area contributed by atoms with Gasteiger partial charge in [-0.2, -0.15) is 5.26 Å². The Morgan fingerprint density at radius 1 is 1.65 bits per heavy atom. The molecule has 0 saturated heterocycles. The maximum atomic E-state index is 10.7. The number of rotatable bonds is 5. The molecule has 2 N–H and O–H groups in total. The molecule has 0 radical (unpaired) electrons. The molecule has 0 spiro atoms. The summed E-state index contributed by atoms with van der Waals surface area (Å²) >= 11 is 0. The van der Waals surface area contributed by atoms with Gasteiger partial charge in [0.25, 0.3) is 0 Å². The van der Waals surface area contributed by atoms with Gasteiger partial charge in [-0.15, -0.1) is 0 Å². The van der Waals surface area contributed by atoms with Crippen LogP contribution in [0.1, 0.15) is 11.1 Å². The Hall–Kier alpha value is -2.06. The number of hydrogen-bond donors (Lipinski definition) is 2. The number of aliphatic carboxylic acids is 1. The normalized spacial score (nSPS) is 11.6. The average Bonchev–Trinajstić information content (AvgIpc) is 2.29. The summed E-state index contributed by atoms with van der Waals surface area (Å²) in [4.78, 5) is 10.7. The fourth-order valence-electron chi connectivity index (χ4n) is 1.38. The molecular formula is C12H14N2O3. The lowest BCUT2D eigenvalue weighted by Crippen LogP contribution is -2.30. The molecule has 5 heteroatoms. The first-order chi connectivity index (χ1) is 8.08. The molecule has 5 nitrogen and oxygen atoms in total. The van der Waals surface area contributed by atoms with Crippen LogP contribution < -0.4 is 5.32 Å². The van der Waals surface area contributed by atoms with Gasteiger partial charge in [0.2, 0.25) is 0 Å². The minimum atomic E-state index is -1.04. The Kier molecular flexibility index (Phi) is 4.49. The maximum Gasteiger partial charge on any atom is 0.334 e. The van der Waals surface area contributed by atoms with Crippen molar-refractivity contribution in [1.82, 2.24) is 0 Å². The number of nitriles is 1. The first-order valence-electron chi connectivity index (χ1n) is 5.08. The summed E-state index contributed by atoms with van der Waals surface area (Å²) in [6.07, 6.45) is -0.929. The Labute approximate surface area is 99.6 Å². The minimum absolute atomic E-state index is 0.115. The van der Waals surface area contributed by atoms with Crippen LogP contribution in [0.15, 0.2) is 18.2 Å². The van der Waals surface area contributed by atoms with Crippen molar-refractivity contribution >= 4 is 11.7 Å². The zero-order chi connectivity index (χ0) is 12.8. The van der Waals surface area contributed by atoms with E-state index in [1.807, 2.05) is 19.1 Å². The summed E-state index contributed by atoms with van der Waals surface area (Å²) in [7, 11) is 1.34. The zero-order valence-electron chi connectivity index (χ0n) is 9.73. The van der Waals surface area contributed by atoms with Gasteiger partial charge in [0, 0.05) is 7.11 Å². The van der Waals surface area contributed by atoms with Gasteiger partial charge in [-0.05, 0) is 24.6 Å². The van der Waals surface area contributed by atoms with Gasteiger partial charge in [0.1, 0.15) is 6.07 Å². The van der Waals surface area contributed by atoms with E-state index in [1.165, 1.54) is 7.11 Å². The number of benzene rings is 1. The van der Waals surface area contributed by atoms with Crippen LogP contribution in [0.3, 0.4) is 0 Å². The predicted octanol–water partition coefficient (Wildman–Crippen LogP) is 1.38. The summed E-state index contributed by atoms with van der Waals surface area (Å²) in [5.41, 5.74) is 2.10. The zero-order valence-corrected chi connectivity index (χ0v) is 9.73. The number of methoxy groups -OCH3 is 1. The summed E-state index contributed by atoms with van der Waals surface area (Å²) in [6.45, 7) is 2.02. The van der Waals surface area contributed by atoms with Crippen molar-refractivity contribution in [2.75, 3.05) is 19.0 Å². The molecule has 0 aromatic heterocycles. The van der Waals surface area contributed by atoms with Gasteiger partial charge in [-0.25, -0.2) is 4.79 Å². The number of carbonyl (C=O) groups is 1. The topological polar surface area (TPSA) is 82.3 Å². The minimum Gasteiger partial charge on any atom is -0.479 e. The second kappa shape index (κ2) is 5.87. The third-order valence-electron chi connectivity index (χ3n) is 2.33. The Morgan fingerprint density at radius 3 is 2.88 bits per heavy atom. The molecule has 0 aliphatic heterocycles. The van der Waals surface area contributed by atoms with E-state index < -0.39 is 12.1 Å². The van der Waals surface area contributed by atoms with Crippen molar-refractivity contribution in [3.63, 3.8) is 0 Å². The number of carboxylic acids is 1. The fraction of sp³-hybridized carbons (Fsp3) is 0.333. The van der Waals surface area contributed by atoms with Crippen molar-refractivity contribution in [1.29, 1.82) is 5.26 Å². The third kappa shape index (κ3) is 3.47. The molecule has 0 bridgehead atoms. The van der Waals surface area contributed by atoms with Crippen LogP contribution >= 0.6 is 0 Å². The lowest BCUT2D eigenvalue weighted by molar-refractivity contribution is -0.147. The second-order valence-electron chi connectivity index (χ2n) is 3.60. The van der Waals surface area contributed by atoms with Gasteiger partial charge < -0.3 is 15.2 Å². The van der Waals surface area contributed by atoms with Crippen molar-refractivity contribution < 1.29 is 14.6 Å². The molecule has 90 valence electrons. The molecule has 1 aromatic rings. The molecule has 0 heterocycles. The molecule has 0 fully saturated rings. The molecule has 0 aliphatic carbocycles. The second-order valence-corrected chi connectivity index (χ2v) is 3.60. The highest BCUT2D eigenvalue weighted by molar-refractivity contribution is 5.73. The van der Waals surface area contributed by atoms with E-state index in [-0.39, 0.29) is 6.54 Å². The number of nitrogens with one attached hydrogen (secondary N) is 1. The van der Waals surface area contributed by atoms with E-state index in [0.717, 1.165) is 5.56 Å². The Morgan fingerprint density at radius 2 is 2.35 bits per heavy atom. The molecule has 17 heavy (non-hydrogen) atoms. The number of aryl methyl sites for hydroxylation is 1. The summed E-state index contributed by atoms with van der Waals surface area (Å²) in [5.74, 6) is -1.04. The predicted molar refractivity (Wildman–Crippen MR) is 62.8 cm³/mol. The molecule has 1 rings (SSSR count). The van der Waals surface area contributed by atoms with Gasteiger partial charge in [-0.3, -0.25) is 0 Å². The number of anilines is 1. The van der Waals surface area contributed by atoms with Gasteiger partial charge in [0.05, 0.1) is 17.8 Å². The van der Waals surface area contributed by atoms with E-state index in [2.05, 4.69) is 5.32 Å². The molecule has 1 aromatic carbocycles. The van der Waals surface area contributed by atoms with E-state index in [0.29, 0.717) is 11.3 Å². The summed E-state index contributed by atoms with van der Waals surface area (Å²) < 4.78 is 4.79. The molecule has 0 amide bonds. The van der Waals surface area contributed by atoms with Gasteiger partial charge in [0.15, 0.2) is 6.10 Å². The lowest BCUT2D eigenvalue weighted by atomic mass is 10.1. The largest absolute Gasteiger partial charge is 0.479 e. The summed E-state index contributed by atoms with van der Waals surface area (Å²) in [6, 6.07) is 7.36. The van der Waals surface area contributed by atoms with Gasteiger partial charge >= 0.3 is 5.97 Å². The monoisotopic (exact) mass is 234 g/mol. The number of nitrogens with zero attached hydrogens (tertiary/aromatic N) is 1. The van der Waals surface area contributed by atoms with Crippen molar-refractivity contribution in [3.8, 4) is 6.07 Å². The average molecular weight is 234 g/mol. The van der Waals surface area contributed by atoms with E-state index in [9.17, 15) is 4.79 Å². The standard InChI is InChI=1S/C12H14N2O3/c1-8-3-4-9(6-13)10(5-8)14-7-11(17-2)12(15)16/h3-5,11,14H,7H2,1-2H3,(H,15,16).